The van der Waals surface area contributed by atoms with Gasteiger partial charge in [-0.05, 0) is 6.07 Å². The Kier molecular flexibility index (Phi) is 4.42. The Morgan fingerprint density at radius 1 is 1.40 bits per heavy atom. The number of hydrogen-bond donors (Lipinski definition) is 1. The van der Waals surface area contributed by atoms with Gasteiger partial charge in [0.1, 0.15) is 5.52 Å². The summed E-state index contributed by atoms with van der Waals surface area (Å²) in [5.74, 6) is 2.13. The summed E-state index contributed by atoms with van der Waals surface area (Å²) in [5.41, 5.74) is 2.00. The zero-order valence-corrected chi connectivity index (χ0v) is 13.3. The Morgan fingerprint density at radius 3 is 2.80 bits per heavy atom. The van der Waals surface area contributed by atoms with Crippen molar-refractivity contribution in [2.45, 2.75) is 33.1 Å². The topological polar surface area (TPSA) is 59.3 Å². The maximum absolute atomic E-state index is 11.4. The number of nitrogens with one attached hydrogen (secondary N) is 1. The molecule has 0 aliphatic heterocycles. The molecule has 0 amide bonds. The van der Waals surface area contributed by atoms with Crippen molar-refractivity contribution in [3.63, 3.8) is 0 Å². The summed E-state index contributed by atoms with van der Waals surface area (Å²) in [6, 6.07) is 2.06. The van der Waals surface area contributed by atoms with Crippen LogP contribution in [-0.4, -0.2) is 36.9 Å². The highest BCUT2D eigenvalue weighted by atomic mass is 32.2. The molecule has 0 radical (unpaired) electrons. The Balaban J connectivity index is 2.21. The summed E-state index contributed by atoms with van der Waals surface area (Å²) in [7, 11) is -0.756. The smallest absolute Gasteiger partial charge is 0.152 e. The lowest BCUT2D eigenvalue weighted by atomic mass is 9.92. The molecule has 110 valence electrons. The van der Waals surface area contributed by atoms with E-state index in [-0.39, 0.29) is 5.41 Å². The number of nitrogens with zero attached hydrogens (tertiary/aromatic N) is 3. The van der Waals surface area contributed by atoms with Crippen molar-refractivity contribution in [2.75, 3.05) is 23.4 Å². The summed E-state index contributed by atoms with van der Waals surface area (Å²) in [6.07, 6.45) is 3.57. The molecule has 2 rings (SSSR count). The molecule has 0 aliphatic carbocycles. The van der Waals surface area contributed by atoms with Crippen LogP contribution in [0.2, 0.25) is 0 Å². The molecule has 1 atom stereocenters. The van der Waals surface area contributed by atoms with E-state index in [0.717, 1.165) is 17.0 Å². The summed E-state index contributed by atoms with van der Waals surface area (Å²) in [5, 5.41) is 7.83. The van der Waals surface area contributed by atoms with Crippen molar-refractivity contribution < 1.29 is 4.21 Å². The lowest BCUT2D eigenvalue weighted by Gasteiger charge is -2.13. The van der Waals surface area contributed by atoms with E-state index in [9.17, 15) is 4.21 Å². The first-order valence-corrected chi connectivity index (χ1v) is 8.34. The van der Waals surface area contributed by atoms with Crippen LogP contribution in [0.5, 0.6) is 0 Å². The lowest BCUT2D eigenvalue weighted by molar-refractivity contribution is 0.562. The van der Waals surface area contributed by atoms with E-state index in [4.69, 9.17) is 0 Å². The van der Waals surface area contributed by atoms with Crippen LogP contribution in [0, 0.1) is 0 Å². The summed E-state index contributed by atoms with van der Waals surface area (Å²) < 4.78 is 13.3. The van der Waals surface area contributed by atoms with Crippen molar-refractivity contribution in [3.05, 3.63) is 24.2 Å². The molecule has 2 aromatic rings. The van der Waals surface area contributed by atoms with E-state index in [1.54, 1.807) is 6.20 Å². The van der Waals surface area contributed by atoms with Gasteiger partial charge in [0.2, 0.25) is 0 Å². The molecule has 0 saturated carbocycles. The van der Waals surface area contributed by atoms with E-state index >= 15 is 0 Å². The van der Waals surface area contributed by atoms with Crippen LogP contribution in [0.1, 0.15) is 33.4 Å². The molecule has 2 heterocycles. The summed E-state index contributed by atoms with van der Waals surface area (Å²) in [4.78, 5) is 4.35. The standard InChI is InChI=1S/C14H22N4OS/c1-5-20(19)9-7-16-13-11-10-12(14(2,3)4)17-18(11)8-6-15-13/h6,8,10H,5,7,9H2,1-4H3,(H,15,16). The molecule has 6 heteroatoms. The fourth-order valence-electron chi connectivity index (χ4n) is 1.85. The van der Waals surface area contributed by atoms with Crippen LogP contribution in [0.3, 0.4) is 0 Å². The van der Waals surface area contributed by atoms with Gasteiger partial charge in [-0.15, -0.1) is 0 Å². The minimum Gasteiger partial charge on any atom is -0.367 e. The molecule has 5 nitrogen and oxygen atoms in total. The SMILES string of the molecule is CCS(=O)CCNc1nccn2nc(C(C)(C)C)cc12. The van der Waals surface area contributed by atoms with Gasteiger partial charge >= 0.3 is 0 Å². The zero-order valence-electron chi connectivity index (χ0n) is 12.5. The molecule has 0 aromatic carbocycles. The minimum absolute atomic E-state index is 0.00694. The van der Waals surface area contributed by atoms with Crippen molar-refractivity contribution in [1.29, 1.82) is 0 Å². The van der Waals surface area contributed by atoms with Gasteiger partial charge < -0.3 is 5.32 Å². The van der Waals surface area contributed by atoms with Crippen molar-refractivity contribution in [3.8, 4) is 0 Å². The molecule has 20 heavy (non-hydrogen) atoms. The van der Waals surface area contributed by atoms with Gasteiger partial charge in [0.15, 0.2) is 5.82 Å². The maximum atomic E-state index is 11.4. The first-order chi connectivity index (χ1) is 9.41. The monoisotopic (exact) mass is 294 g/mol. The summed E-state index contributed by atoms with van der Waals surface area (Å²) in [6.45, 7) is 9.00. The molecule has 0 saturated heterocycles. The van der Waals surface area contributed by atoms with Gasteiger partial charge in [0, 0.05) is 46.7 Å². The first-order valence-electron chi connectivity index (χ1n) is 6.85. The molecular weight excluding hydrogens is 272 g/mol. The average Bonchev–Trinajstić information content (AvgIpc) is 2.83. The summed E-state index contributed by atoms with van der Waals surface area (Å²) >= 11 is 0. The third kappa shape index (κ3) is 3.36. The Hall–Kier alpha value is -1.43. The Morgan fingerprint density at radius 2 is 2.15 bits per heavy atom. The Bertz CT molecular complexity index is 615. The number of aromatic nitrogens is 3. The van der Waals surface area contributed by atoms with Gasteiger partial charge in [-0.3, -0.25) is 4.21 Å². The zero-order chi connectivity index (χ0) is 14.8. The quantitative estimate of drug-likeness (QED) is 0.918. The number of rotatable bonds is 5. The predicted octanol–water partition coefficient (Wildman–Crippen LogP) is 2.21. The molecule has 0 aliphatic rings. The lowest BCUT2D eigenvalue weighted by Crippen LogP contribution is -2.13. The van der Waals surface area contributed by atoms with Crippen LogP contribution in [0.15, 0.2) is 18.5 Å². The largest absolute Gasteiger partial charge is 0.367 e. The molecule has 1 N–H and O–H groups in total. The number of fused-ring (bicyclic) bond motifs is 1. The van der Waals surface area contributed by atoms with E-state index in [1.165, 1.54) is 0 Å². The van der Waals surface area contributed by atoms with E-state index < -0.39 is 10.8 Å². The highest BCUT2D eigenvalue weighted by Gasteiger charge is 2.18. The fourth-order valence-corrected chi connectivity index (χ4v) is 2.47. The molecule has 2 aromatic heterocycles. The average molecular weight is 294 g/mol. The van der Waals surface area contributed by atoms with Crippen LogP contribution in [0.25, 0.3) is 5.52 Å². The maximum Gasteiger partial charge on any atom is 0.152 e. The predicted molar refractivity (Wildman–Crippen MR) is 83.7 cm³/mol. The van der Waals surface area contributed by atoms with Crippen LogP contribution < -0.4 is 5.32 Å². The highest BCUT2D eigenvalue weighted by molar-refractivity contribution is 7.84. The van der Waals surface area contributed by atoms with Crippen molar-refractivity contribution in [2.24, 2.45) is 0 Å². The fraction of sp³-hybridized carbons (Fsp3) is 0.571. The highest BCUT2D eigenvalue weighted by Crippen LogP contribution is 2.24. The van der Waals surface area contributed by atoms with Gasteiger partial charge in [0.05, 0.1) is 5.69 Å². The Labute approximate surface area is 122 Å². The van der Waals surface area contributed by atoms with E-state index in [1.807, 2.05) is 17.6 Å². The second-order valence-electron chi connectivity index (χ2n) is 5.74. The van der Waals surface area contributed by atoms with Crippen LogP contribution in [-0.2, 0) is 16.2 Å². The van der Waals surface area contributed by atoms with Crippen LogP contribution in [0.4, 0.5) is 5.82 Å². The molecule has 0 spiro atoms. The number of hydrogen-bond acceptors (Lipinski definition) is 4. The second kappa shape index (κ2) is 5.91. The molecular formula is C14H22N4OS. The number of anilines is 1. The molecule has 0 bridgehead atoms. The first kappa shape index (κ1) is 15.0. The van der Waals surface area contributed by atoms with Crippen molar-refractivity contribution in [1.82, 2.24) is 14.6 Å². The van der Waals surface area contributed by atoms with Gasteiger partial charge in [-0.2, -0.15) is 5.10 Å². The third-order valence-corrected chi connectivity index (χ3v) is 4.41. The van der Waals surface area contributed by atoms with Crippen molar-refractivity contribution >= 4 is 22.1 Å². The van der Waals surface area contributed by atoms with E-state index in [2.05, 4.69) is 42.2 Å². The van der Waals surface area contributed by atoms with E-state index in [0.29, 0.717) is 18.1 Å². The minimum atomic E-state index is -0.756. The third-order valence-electron chi connectivity index (χ3n) is 3.10. The van der Waals surface area contributed by atoms with Gasteiger partial charge in [-0.1, -0.05) is 27.7 Å². The van der Waals surface area contributed by atoms with Gasteiger partial charge in [0.25, 0.3) is 0 Å². The normalized spacial score (nSPS) is 13.6. The molecule has 1 unspecified atom stereocenters. The second-order valence-corrected chi connectivity index (χ2v) is 7.61. The van der Waals surface area contributed by atoms with Crippen LogP contribution >= 0.6 is 0 Å². The van der Waals surface area contributed by atoms with Gasteiger partial charge in [-0.25, -0.2) is 9.50 Å². The molecule has 0 fully saturated rings.